The number of nitrogens with one attached hydrogen (secondary N) is 2. The van der Waals surface area contributed by atoms with Gasteiger partial charge in [0, 0.05) is 45.3 Å². The molecule has 38 heavy (non-hydrogen) atoms. The predicted molar refractivity (Wildman–Crippen MR) is 153 cm³/mol. The highest BCUT2D eigenvalue weighted by molar-refractivity contribution is 7.77. The van der Waals surface area contributed by atoms with Gasteiger partial charge in [-0.2, -0.15) is 0 Å². The predicted octanol–water partition coefficient (Wildman–Crippen LogP) is 5.67. The van der Waals surface area contributed by atoms with E-state index in [1.54, 1.807) is 0 Å². The molecule has 3 N–H and O–H groups in total. The molecule has 1 atom stereocenters. The van der Waals surface area contributed by atoms with Gasteiger partial charge in [-0.25, -0.2) is 13.7 Å². The molecule has 2 amide bonds. The highest BCUT2D eigenvalue weighted by Gasteiger charge is 2.27. The first-order chi connectivity index (χ1) is 18.5. The van der Waals surface area contributed by atoms with Gasteiger partial charge in [-0.3, -0.25) is 9.45 Å². The van der Waals surface area contributed by atoms with Crippen molar-refractivity contribution >= 4 is 17.3 Å². The summed E-state index contributed by atoms with van der Waals surface area (Å²) < 4.78 is 28.0. The summed E-state index contributed by atoms with van der Waals surface area (Å²) in [5.41, 5.74) is 2.14. The zero-order valence-corrected chi connectivity index (χ0v) is 23.7. The third kappa shape index (κ3) is 10.4. The van der Waals surface area contributed by atoms with Gasteiger partial charge in [0.1, 0.15) is 11.5 Å². The van der Waals surface area contributed by atoms with Crippen LogP contribution in [0.1, 0.15) is 69.9 Å². The van der Waals surface area contributed by atoms with Gasteiger partial charge in [0.05, 0.1) is 0 Å². The highest BCUT2D eigenvalue weighted by Crippen LogP contribution is 2.24. The standard InChI is InChI=1S/C29H44N4O4S/c1-3-5-7-18-30-29(34)33(19-6-4-2)26-16-20-32(21-17-26)23-25-10-14-28(15-11-25)37-27-12-8-24(9-13-27)22-31-38(35)36/h8-15,26,31H,3-7,16-23H2,1-2H3,(H,30,34)(H,35,36). The maximum atomic E-state index is 12.9. The molecule has 0 radical (unpaired) electrons. The molecular weight excluding hydrogens is 500 g/mol. The Morgan fingerprint density at radius 3 is 2.16 bits per heavy atom. The molecule has 3 rings (SSSR count). The van der Waals surface area contributed by atoms with E-state index in [0.29, 0.717) is 12.6 Å². The lowest BCUT2D eigenvalue weighted by molar-refractivity contribution is 0.116. The van der Waals surface area contributed by atoms with Gasteiger partial charge in [-0.05, 0) is 61.1 Å². The van der Waals surface area contributed by atoms with E-state index in [-0.39, 0.29) is 6.03 Å². The summed E-state index contributed by atoms with van der Waals surface area (Å²) in [4.78, 5) is 17.4. The summed E-state index contributed by atoms with van der Waals surface area (Å²) in [5.74, 6) is 1.49. The van der Waals surface area contributed by atoms with Gasteiger partial charge < -0.3 is 15.0 Å². The Labute approximate surface area is 230 Å². The summed E-state index contributed by atoms with van der Waals surface area (Å²) in [6, 6.07) is 16.0. The van der Waals surface area contributed by atoms with Crippen molar-refractivity contribution < 1.29 is 18.3 Å². The van der Waals surface area contributed by atoms with E-state index in [9.17, 15) is 9.00 Å². The van der Waals surface area contributed by atoms with Crippen molar-refractivity contribution in [3.63, 3.8) is 0 Å². The first-order valence-electron chi connectivity index (χ1n) is 14.0. The maximum absolute atomic E-state index is 12.9. The largest absolute Gasteiger partial charge is 0.457 e. The third-order valence-corrected chi connectivity index (χ3v) is 7.35. The van der Waals surface area contributed by atoms with E-state index >= 15 is 0 Å². The number of amides is 2. The second-order valence-corrected chi connectivity index (χ2v) is 10.7. The highest BCUT2D eigenvalue weighted by atomic mass is 32.2. The van der Waals surface area contributed by atoms with E-state index in [1.165, 1.54) is 5.56 Å². The Morgan fingerprint density at radius 2 is 1.58 bits per heavy atom. The number of urea groups is 1. The molecule has 8 nitrogen and oxygen atoms in total. The molecule has 2 aromatic carbocycles. The minimum atomic E-state index is -2.02. The fraction of sp³-hybridized carbons (Fsp3) is 0.552. The zero-order chi connectivity index (χ0) is 27.2. The Balaban J connectivity index is 1.45. The molecule has 1 aliphatic rings. The van der Waals surface area contributed by atoms with E-state index in [4.69, 9.17) is 9.29 Å². The van der Waals surface area contributed by atoms with E-state index in [1.807, 2.05) is 36.4 Å². The molecule has 0 saturated carbocycles. The van der Waals surface area contributed by atoms with Gasteiger partial charge in [0.2, 0.25) is 11.3 Å². The van der Waals surface area contributed by atoms with Crippen LogP contribution in [0.5, 0.6) is 11.5 Å². The SMILES string of the molecule is CCCCCNC(=O)N(CCCC)C1CCN(Cc2ccc(Oc3ccc(CNS(=O)O)cc3)cc2)CC1. The summed E-state index contributed by atoms with van der Waals surface area (Å²) in [6.07, 6.45) is 7.52. The van der Waals surface area contributed by atoms with Gasteiger partial charge in [0.15, 0.2) is 0 Å². The minimum absolute atomic E-state index is 0.108. The number of rotatable bonds is 15. The van der Waals surface area contributed by atoms with Crippen molar-refractivity contribution in [2.45, 2.75) is 77.9 Å². The number of hydrogen-bond donors (Lipinski definition) is 3. The van der Waals surface area contributed by atoms with Crippen LogP contribution in [0, 0.1) is 0 Å². The average Bonchev–Trinajstić information content (AvgIpc) is 2.93. The number of nitrogens with zero attached hydrogens (tertiary/aromatic N) is 2. The normalized spacial score (nSPS) is 15.2. The molecule has 1 fully saturated rings. The van der Waals surface area contributed by atoms with Gasteiger partial charge in [-0.1, -0.05) is 57.4 Å². The topological polar surface area (TPSA) is 94.1 Å². The van der Waals surface area contributed by atoms with Crippen molar-refractivity contribution in [2.75, 3.05) is 26.2 Å². The summed E-state index contributed by atoms with van der Waals surface area (Å²) >= 11 is -2.02. The number of benzene rings is 2. The van der Waals surface area contributed by atoms with Crippen LogP contribution >= 0.6 is 0 Å². The Hall–Kier alpha value is -2.46. The molecule has 0 bridgehead atoms. The zero-order valence-electron chi connectivity index (χ0n) is 22.9. The number of ether oxygens (including phenoxy) is 1. The lowest BCUT2D eigenvalue weighted by Gasteiger charge is -2.38. The molecule has 1 saturated heterocycles. The van der Waals surface area contributed by atoms with E-state index in [0.717, 1.165) is 94.7 Å². The van der Waals surface area contributed by atoms with Crippen LogP contribution in [0.4, 0.5) is 4.79 Å². The Morgan fingerprint density at radius 1 is 0.974 bits per heavy atom. The van der Waals surface area contributed by atoms with Crippen LogP contribution in [0.25, 0.3) is 0 Å². The third-order valence-electron chi connectivity index (χ3n) is 6.96. The fourth-order valence-corrected chi connectivity index (χ4v) is 5.01. The molecule has 0 aromatic heterocycles. The monoisotopic (exact) mass is 544 g/mol. The second kappa shape index (κ2) is 16.5. The minimum Gasteiger partial charge on any atom is -0.457 e. The Bertz CT molecular complexity index is 979. The van der Waals surface area contributed by atoms with Crippen LogP contribution in [-0.2, 0) is 24.4 Å². The van der Waals surface area contributed by atoms with Gasteiger partial charge in [0.25, 0.3) is 0 Å². The lowest BCUT2D eigenvalue weighted by Crippen LogP contribution is -2.51. The van der Waals surface area contributed by atoms with Crippen molar-refractivity contribution in [3.05, 3.63) is 59.7 Å². The number of carbonyl (C=O) groups is 1. The summed E-state index contributed by atoms with van der Waals surface area (Å²) in [7, 11) is 0. The molecule has 2 aromatic rings. The van der Waals surface area contributed by atoms with Crippen molar-refractivity contribution in [3.8, 4) is 11.5 Å². The van der Waals surface area contributed by atoms with Crippen molar-refractivity contribution in [1.29, 1.82) is 0 Å². The van der Waals surface area contributed by atoms with Gasteiger partial charge in [-0.15, -0.1) is 0 Å². The molecule has 9 heteroatoms. The van der Waals surface area contributed by atoms with Crippen LogP contribution in [0.15, 0.2) is 48.5 Å². The quantitative estimate of drug-likeness (QED) is 0.198. The van der Waals surface area contributed by atoms with Gasteiger partial charge >= 0.3 is 6.03 Å². The number of hydrogen-bond acceptors (Lipinski definition) is 4. The molecule has 0 spiro atoms. The summed E-state index contributed by atoms with van der Waals surface area (Å²) in [5, 5.41) is 3.15. The first-order valence-corrected chi connectivity index (χ1v) is 15.1. The number of carbonyl (C=O) groups excluding carboxylic acids is 1. The molecular formula is C29H44N4O4S. The molecule has 210 valence electrons. The lowest BCUT2D eigenvalue weighted by atomic mass is 10.0. The van der Waals surface area contributed by atoms with Crippen LogP contribution in [0.3, 0.4) is 0 Å². The second-order valence-electron chi connectivity index (χ2n) is 9.95. The van der Waals surface area contributed by atoms with E-state index in [2.05, 4.69) is 45.8 Å². The summed E-state index contributed by atoms with van der Waals surface area (Å²) in [6.45, 7) is 9.14. The van der Waals surface area contributed by atoms with Crippen LogP contribution < -0.4 is 14.8 Å². The molecule has 0 aliphatic carbocycles. The molecule has 1 heterocycles. The molecule has 1 unspecified atom stereocenters. The number of piperidine rings is 1. The number of likely N-dealkylation sites (tertiary alicyclic amines) is 1. The van der Waals surface area contributed by atoms with Crippen molar-refractivity contribution in [2.24, 2.45) is 0 Å². The molecule has 1 aliphatic heterocycles. The van der Waals surface area contributed by atoms with Crippen LogP contribution in [0.2, 0.25) is 0 Å². The Kier molecular flexibility index (Phi) is 13.1. The average molecular weight is 545 g/mol. The number of unbranched alkanes of at least 4 members (excludes halogenated alkanes) is 3. The first kappa shape index (κ1) is 30.1. The fourth-order valence-electron chi connectivity index (χ4n) is 4.72. The smallest absolute Gasteiger partial charge is 0.317 e. The van der Waals surface area contributed by atoms with Crippen molar-refractivity contribution in [1.82, 2.24) is 19.8 Å². The van der Waals surface area contributed by atoms with Crippen LogP contribution in [-0.4, -0.2) is 56.8 Å². The maximum Gasteiger partial charge on any atom is 0.317 e. The van der Waals surface area contributed by atoms with E-state index < -0.39 is 11.3 Å².